The second-order valence-electron chi connectivity index (χ2n) is 3.13. The van der Waals surface area contributed by atoms with Gasteiger partial charge in [-0.05, 0) is 24.0 Å². The van der Waals surface area contributed by atoms with Gasteiger partial charge in [-0.3, -0.25) is 4.79 Å². The number of carboxylic acids is 1. The molecular formula is C12H16O2. The van der Waals surface area contributed by atoms with Crippen LogP contribution in [0, 0.1) is 0 Å². The summed E-state index contributed by atoms with van der Waals surface area (Å²) in [5, 5.41) is 8.86. The Morgan fingerprint density at radius 1 is 1.36 bits per heavy atom. The number of aryl methyl sites for hydroxylation is 1. The van der Waals surface area contributed by atoms with Crippen molar-refractivity contribution in [3.63, 3.8) is 0 Å². The van der Waals surface area contributed by atoms with Gasteiger partial charge in [0.2, 0.25) is 0 Å². The predicted octanol–water partition coefficient (Wildman–Crippen LogP) is 2.83. The smallest absolute Gasteiger partial charge is 0.310 e. The van der Waals surface area contributed by atoms with Crippen LogP contribution in [-0.4, -0.2) is 11.1 Å². The molecule has 0 aromatic heterocycles. The number of fused-ring (bicyclic) bond motifs is 1. The molecule has 0 spiro atoms. The number of carboxylic acid groups (broad SMARTS) is 1. The van der Waals surface area contributed by atoms with Gasteiger partial charge in [0.1, 0.15) is 0 Å². The van der Waals surface area contributed by atoms with Gasteiger partial charge in [-0.15, -0.1) is 0 Å². The number of benzene rings is 1. The molecule has 0 bridgehead atoms. The maximum atomic E-state index is 10.8. The van der Waals surface area contributed by atoms with E-state index in [1.54, 1.807) is 0 Å². The lowest BCUT2D eigenvalue weighted by atomic mass is 10.0. The van der Waals surface area contributed by atoms with Crippen molar-refractivity contribution in [3.8, 4) is 0 Å². The molecule has 0 amide bonds. The highest BCUT2D eigenvalue weighted by atomic mass is 16.4. The Labute approximate surface area is 84.6 Å². The van der Waals surface area contributed by atoms with E-state index in [1.165, 1.54) is 5.56 Å². The van der Waals surface area contributed by atoms with E-state index in [2.05, 4.69) is 0 Å². The first-order chi connectivity index (χ1) is 6.79. The van der Waals surface area contributed by atoms with Crippen LogP contribution in [0.2, 0.25) is 0 Å². The van der Waals surface area contributed by atoms with Crippen LogP contribution in [0.5, 0.6) is 0 Å². The molecule has 1 N–H and O–H groups in total. The zero-order valence-electron chi connectivity index (χ0n) is 8.66. The van der Waals surface area contributed by atoms with E-state index in [0.29, 0.717) is 0 Å². The molecule has 0 saturated heterocycles. The highest BCUT2D eigenvalue weighted by Gasteiger charge is 2.27. The molecule has 1 aliphatic carbocycles. The highest BCUT2D eigenvalue weighted by molar-refractivity contribution is 5.77. The molecule has 1 aromatic rings. The van der Waals surface area contributed by atoms with Crippen molar-refractivity contribution in [1.82, 2.24) is 0 Å². The SMILES string of the molecule is CC.O=C(O)C1CCc2ccccc21. The van der Waals surface area contributed by atoms with Gasteiger partial charge in [0.25, 0.3) is 0 Å². The molecule has 2 nitrogen and oxygen atoms in total. The molecule has 0 aliphatic heterocycles. The van der Waals surface area contributed by atoms with Crippen LogP contribution in [-0.2, 0) is 11.2 Å². The highest BCUT2D eigenvalue weighted by Crippen LogP contribution is 2.32. The lowest BCUT2D eigenvalue weighted by molar-refractivity contribution is -0.138. The van der Waals surface area contributed by atoms with Gasteiger partial charge < -0.3 is 5.11 Å². The normalized spacial score (nSPS) is 18.0. The number of rotatable bonds is 1. The van der Waals surface area contributed by atoms with Gasteiger partial charge in [-0.2, -0.15) is 0 Å². The van der Waals surface area contributed by atoms with E-state index < -0.39 is 5.97 Å². The Kier molecular flexibility index (Phi) is 3.69. The second-order valence-corrected chi connectivity index (χ2v) is 3.13. The van der Waals surface area contributed by atoms with Crippen molar-refractivity contribution in [3.05, 3.63) is 35.4 Å². The third-order valence-electron chi connectivity index (χ3n) is 2.43. The van der Waals surface area contributed by atoms with Crippen LogP contribution in [0.3, 0.4) is 0 Å². The third-order valence-corrected chi connectivity index (χ3v) is 2.43. The first kappa shape index (κ1) is 10.8. The van der Waals surface area contributed by atoms with E-state index in [-0.39, 0.29) is 5.92 Å². The third kappa shape index (κ3) is 1.95. The van der Waals surface area contributed by atoms with Crippen molar-refractivity contribution in [2.24, 2.45) is 0 Å². The van der Waals surface area contributed by atoms with Crippen LogP contribution in [0.15, 0.2) is 24.3 Å². The number of hydrogen-bond acceptors (Lipinski definition) is 1. The molecule has 14 heavy (non-hydrogen) atoms. The summed E-state index contributed by atoms with van der Waals surface area (Å²) < 4.78 is 0. The van der Waals surface area contributed by atoms with E-state index in [1.807, 2.05) is 38.1 Å². The lowest BCUT2D eigenvalue weighted by Gasteiger charge is -2.03. The second kappa shape index (κ2) is 4.80. The molecule has 0 saturated carbocycles. The van der Waals surface area contributed by atoms with Gasteiger partial charge in [0, 0.05) is 0 Å². The molecule has 1 unspecified atom stereocenters. The van der Waals surface area contributed by atoms with Crippen LogP contribution in [0.4, 0.5) is 0 Å². The summed E-state index contributed by atoms with van der Waals surface area (Å²) in [5.41, 5.74) is 2.20. The maximum absolute atomic E-state index is 10.8. The minimum Gasteiger partial charge on any atom is -0.481 e. The minimum absolute atomic E-state index is 0.263. The molecule has 0 heterocycles. The quantitative estimate of drug-likeness (QED) is 0.742. The Balaban J connectivity index is 0.000000461. The van der Waals surface area contributed by atoms with Crippen molar-refractivity contribution in [1.29, 1.82) is 0 Å². The first-order valence-corrected chi connectivity index (χ1v) is 5.09. The zero-order chi connectivity index (χ0) is 10.6. The molecule has 1 aliphatic rings. The molecule has 2 heteroatoms. The van der Waals surface area contributed by atoms with Crippen LogP contribution >= 0.6 is 0 Å². The van der Waals surface area contributed by atoms with Crippen molar-refractivity contribution in [2.75, 3.05) is 0 Å². The summed E-state index contributed by atoms with van der Waals surface area (Å²) in [6, 6.07) is 7.79. The van der Waals surface area contributed by atoms with Crippen LogP contribution < -0.4 is 0 Å². The first-order valence-electron chi connectivity index (χ1n) is 5.09. The standard InChI is InChI=1S/C10H10O2.C2H6/c11-10(12)9-6-5-7-3-1-2-4-8(7)9;1-2/h1-4,9H,5-6H2,(H,11,12);1-2H3. The summed E-state index contributed by atoms with van der Waals surface area (Å²) in [6.45, 7) is 4.00. The minimum atomic E-state index is -0.694. The topological polar surface area (TPSA) is 37.3 Å². The van der Waals surface area contributed by atoms with E-state index in [0.717, 1.165) is 18.4 Å². The summed E-state index contributed by atoms with van der Waals surface area (Å²) >= 11 is 0. The molecule has 0 fully saturated rings. The van der Waals surface area contributed by atoms with Gasteiger partial charge in [0.15, 0.2) is 0 Å². The number of carbonyl (C=O) groups is 1. The van der Waals surface area contributed by atoms with E-state index in [4.69, 9.17) is 5.11 Å². The number of aliphatic carboxylic acids is 1. The van der Waals surface area contributed by atoms with E-state index in [9.17, 15) is 4.79 Å². The Hall–Kier alpha value is -1.31. The molecule has 0 radical (unpaired) electrons. The lowest BCUT2D eigenvalue weighted by Crippen LogP contribution is -2.07. The Morgan fingerprint density at radius 2 is 2.00 bits per heavy atom. The van der Waals surface area contributed by atoms with Gasteiger partial charge in [-0.25, -0.2) is 0 Å². The molecular weight excluding hydrogens is 176 g/mol. The summed E-state index contributed by atoms with van der Waals surface area (Å²) in [4.78, 5) is 10.8. The Morgan fingerprint density at radius 3 is 2.64 bits per heavy atom. The van der Waals surface area contributed by atoms with Crippen LogP contribution in [0.1, 0.15) is 37.3 Å². The van der Waals surface area contributed by atoms with Gasteiger partial charge >= 0.3 is 5.97 Å². The Bertz CT molecular complexity index is 318. The van der Waals surface area contributed by atoms with Crippen molar-refractivity contribution >= 4 is 5.97 Å². The average molecular weight is 192 g/mol. The van der Waals surface area contributed by atoms with Gasteiger partial charge in [-0.1, -0.05) is 38.1 Å². The summed E-state index contributed by atoms with van der Waals surface area (Å²) in [5.74, 6) is -0.957. The fraction of sp³-hybridized carbons (Fsp3) is 0.417. The summed E-state index contributed by atoms with van der Waals surface area (Å²) in [6.07, 6.45) is 1.67. The zero-order valence-corrected chi connectivity index (χ0v) is 8.66. The van der Waals surface area contributed by atoms with Gasteiger partial charge in [0.05, 0.1) is 5.92 Å². The molecule has 1 aromatic carbocycles. The van der Waals surface area contributed by atoms with Crippen LogP contribution in [0.25, 0.3) is 0 Å². The molecule has 76 valence electrons. The van der Waals surface area contributed by atoms with Crippen molar-refractivity contribution < 1.29 is 9.90 Å². The molecule has 1 atom stereocenters. The maximum Gasteiger partial charge on any atom is 0.310 e. The largest absolute Gasteiger partial charge is 0.481 e. The monoisotopic (exact) mass is 192 g/mol. The number of hydrogen-bond donors (Lipinski definition) is 1. The average Bonchev–Trinajstić information content (AvgIpc) is 2.64. The van der Waals surface area contributed by atoms with E-state index >= 15 is 0 Å². The molecule has 2 rings (SSSR count). The fourth-order valence-corrected chi connectivity index (χ4v) is 1.81. The fourth-order valence-electron chi connectivity index (χ4n) is 1.81. The summed E-state index contributed by atoms with van der Waals surface area (Å²) in [7, 11) is 0. The predicted molar refractivity (Wildman–Crippen MR) is 56.5 cm³/mol. The van der Waals surface area contributed by atoms with Crippen molar-refractivity contribution in [2.45, 2.75) is 32.6 Å².